The molecule has 6 heteroatoms. The number of rotatable bonds is 7. The van der Waals surface area contributed by atoms with Crippen LogP contribution in [-0.4, -0.2) is 24.1 Å². The van der Waals surface area contributed by atoms with Crippen LogP contribution in [0.1, 0.15) is 30.5 Å². The molecule has 0 fully saturated rings. The van der Waals surface area contributed by atoms with Crippen LogP contribution in [0.15, 0.2) is 42.5 Å². The van der Waals surface area contributed by atoms with Crippen LogP contribution >= 0.6 is 0 Å². The number of carbonyl (C=O) groups excluding carboxylic acids is 1. The Hall–Kier alpha value is -2.47. The molecule has 0 saturated heterocycles. The van der Waals surface area contributed by atoms with Gasteiger partial charge in [0.25, 0.3) is 0 Å². The molecule has 0 heterocycles. The van der Waals surface area contributed by atoms with Crippen molar-refractivity contribution in [1.82, 2.24) is 10.2 Å². The Kier molecular flexibility index (Phi) is 7.09. The maximum absolute atomic E-state index is 13.3. The van der Waals surface area contributed by atoms with E-state index in [0.717, 1.165) is 23.3 Å². The minimum atomic E-state index is -0.921. The number of hydrogen-bond acceptors (Lipinski definition) is 2. The van der Waals surface area contributed by atoms with E-state index >= 15 is 0 Å². The molecule has 4 nitrogen and oxygen atoms in total. The summed E-state index contributed by atoms with van der Waals surface area (Å²) in [5, 5.41) is 2.84. The van der Waals surface area contributed by atoms with Gasteiger partial charge in [-0.15, -0.1) is 0 Å². The topological polar surface area (TPSA) is 41.6 Å². The summed E-state index contributed by atoms with van der Waals surface area (Å²) in [5.41, 5.74) is 2.51. The first-order valence-corrected chi connectivity index (χ1v) is 8.48. The lowest BCUT2D eigenvalue weighted by atomic mass is 10.1. The van der Waals surface area contributed by atoms with Crippen molar-refractivity contribution >= 4 is 6.03 Å². The SMILES string of the molecule is CC(C)OCc1ccccc1CNC(=O)N(C)Cc1ccc(F)c(F)c1. The Morgan fingerprint density at radius 2 is 1.81 bits per heavy atom. The van der Waals surface area contributed by atoms with Crippen molar-refractivity contribution in [3.63, 3.8) is 0 Å². The Balaban J connectivity index is 1.92. The smallest absolute Gasteiger partial charge is 0.317 e. The summed E-state index contributed by atoms with van der Waals surface area (Å²) in [6.45, 7) is 4.96. The van der Waals surface area contributed by atoms with E-state index in [2.05, 4.69) is 5.32 Å². The van der Waals surface area contributed by atoms with Crippen molar-refractivity contribution in [2.75, 3.05) is 7.05 Å². The average Bonchev–Trinajstić information content (AvgIpc) is 2.61. The fourth-order valence-corrected chi connectivity index (χ4v) is 2.42. The summed E-state index contributed by atoms with van der Waals surface area (Å²) in [6.07, 6.45) is 0.125. The molecule has 0 aliphatic rings. The third-order valence-electron chi connectivity index (χ3n) is 3.87. The van der Waals surface area contributed by atoms with Gasteiger partial charge in [0, 0.05) is 20.1 Å². The monoisotopic (exact) mass is 362 g/mol. The highest BCUT2D eigenvalue weighted by atomic mass is 19.2. The second-order valence-corrected chi connectivity index (χ2v) is 6.39. The molecule has 2 amide bonds. The molecule has 0 atom stereocenters. The molecule has 0 bridgehead atoms. The Morgan fingerprint density at radius 3 is 2.46 bits per heavy atom. The van der Waals surface area contributed by atoms with Crippen molar-refractivity contribution < 1.29 is 18.3 Å². The summed E-state index contributed by atoms with van der Waals surface area (Å²) in [4.78, 5) is 13.7. The Labute approximate surface area is 152 Å². The van der Waals surface area contributed by atoms with Crippen molar-refractivity contribution in [3.8, 4) is 0 Å². The van der Waals surface area contributed by atoms with E-state index in [1.807, 2.05) is 38.1 Å². The minimum absolute atomic E-state index is 0.125. The molecular formula is C20H24F2N2O2. The van der Waals surface area contributed by atoms with Crippen LogP contribution < -0.4 is 5.32 Å². The largest absolute Gasteiger partial charge is 0.374 e. The minimum Gasteiger partial charge on any atom is -0.374 e. The highest BCUT2D eigenvalue weighted by molar-refractivity contribution is 5.73. The molecule has 0 aliphatic carbocycles. The van der Waals surface area contributed by atoms with Gasteiger partial charge in [0.2, 0.25) is 0 Å². The molecule has 0 unspecified atom stereocenters. The highest BCUT2D eigenvalue weighted by Crippen LogP contribution is 2.12. The van der Waals surface area contributed by atoms with Gasteiger partial charge < -0.3 is 15.0 Å². The number of hydrogen-bond donors (Lipinski definition) is 1. The molecule has 140 valence electrons. The van der Waals surface area contributed by atoms with Crippen LogP contribution in [0.5, 0.6) is 0 Å². The van der Waals surface area contributed by atoms with E-state index in [1.54, 1.807) is 7.05 Å². The first-order valence-electron chi connectivity index (χ1n) is 8.48. The zero-order valence-corrected chi connectivity index (χ0v) is 15.3. The third-order valence-corrected chi connectivity index (χ3v) is 3.87. The lowest BCUT2D eigenvalue weighted by Crippen LogP contribution is -2.36. The average molecular weight is 362 g/mol. The van der Waals surface area contributed by atoms with Crippen molar-refractivity contribution in [3.05, 3.63) is 70.8 Å². The quantitative estimate of drug-likeness (QED) is 0.801. The number of halogens is 2. The molecule has 0 aromatic heterocycles. The van der Waals surface area contributed by atoms with Gasteiger partial charge in [-0.25, -0.2) is 13.6 Å². The molecule has 0 radical (unpaired) electrons. The Bertz CT molecular complexity index is 750. The zero-order chi connectivity index (χ0) is 19.1. The van der Waals surface area contributed by atoms with Crippen LogP contribution in [0.2, 0.25) is 0 Å². The second-order valence-electron chi connectivity index (χ2n) is 6.39. The summed E-state index contributed by atoms with van der Waals surface area (Å²) in [6, 6.07) is 11.1. The van der Waals surface area contributed by atoms with E-state index in [4.69, 9.17) is 4.74 Å². The van der Waals surface area contributed by atoms with Gasteiger partial charge in [0.1, 0.15) is 0 Å². The lowest BCUT2D eigenvalue weighted by molar-refractivity contribution is 0.0652. The van der Waals surface area contributed by atoms with Crippen LogP contribution in [0.3, 0.4) is 0 Å². The van der Waals surface area contributed by atoms with E-state index in [0.29, 0.717) is 18.7 Å². The van der Waals surface area contributed by atoms with Gasteiger partial charge in [0.15, 0.2) is 11.6 Å². The lowest BCUT2D eigenvalue weighted by Gasteiger charge is -2.19. The highest BCUT2D eigenvalue weighted by Gasteiger charge is 2.12. The molecule has 0 saturated carbocycles. The first kappa shape index (κ1) is 19.8. The number of carbonyl (C=O) groups is 1. The number of nitrogens with zero attached hydrogens (tertiary/aromatic N) is 1. The van der Waals surface area contributed by atoms with Crippen LogP contribution in [0.25, 0.3) is 0 Å². The number of nitrogens with one attached hydrogen (secondary N) is 1. The molecule has 0 spiro atoms. The predicted molar refractivity (Wildman–Crippen MR) is 96.4 cm³/mol. The van der Waals surface area contributed by atoms with Gasteiger partial charge in [0.05, 0.1) is 12.7 Å². The van der Waals surface area contributed by atoms with Gasteiger partial charge in [-0.05, 0) is 42.7 Å². The fourth-order valence-electron chi connectivity index (χ4n) is 2.42. The molecule has 26 heavy (non-hydrogen) atoms. The number of benzene rings is 2. The fraction of sp³-hybridized carbons (Fsp3) is 0.350. The van der Waals surface area contributed by atoms with E-state index < -0.39 is 11.6 Å². The van der Waals surface area contributed by atoms with Crippen molar-refractivity contribution in [2.24, 2.45) is 0 Å². The predicted octanol–water partition coefficient (Wildman–Crippen LogP) is 4.23. The summed E-state index contributed by atoms with van der Waals surface area (Å²) in [7, 11) is 1.60. The van der Waals surface area contributed by atoms with Gasteiger partial charge >= 0.3 is 6.03 Å². The maximum atomic E-state index is 13.3. The Morgan fingerprint density at radius 1 is 1.12 bits per heavy atom. The second kappa shape index (κ2) is 9.29. The summed E-state index contributed by atoms with van der Waals surface area (Å²) < 4.78 is 31.9. The number of urea groups is 1. The van der Waals surface area contributed by atoms with Crippen LogP contribution in [0, 0.1) is 11.6 Å². The van der Waals surface area contributed by atoms with Crippen molar-refractivity contribution in [2.45, 2.75) is 39.6 Å². The first-order chi connectivity index (χ1) is 12.4. The number of amides is 2. The number of ether oxygens (including phenoxy) is 1. The van der Waals surface area contributed by atoms with E-state index in [-0.39, 0.29) is 18.7 Å². The molecular weight excluding hydrogens is 338 g/mol. The maximum Gasteiger partial charge on any atom is 0.317 e. The van der Waals surface area contributed by atoms with Crippen LogP contribution in [0.4, 0.5) is 13.6 Å². The van der Waals surface area contributed by atoms with Crippen molar-refractivity contribution in [1.29, 1.82) is 0 Å². The van der Waals surface area contributed by atoms with Gasteiger partial charge in [-0.1, -0.05) is 30.3 Å². The summed E-state index contributed by atoms with van der Waals surface area (Å²) in [5.74, 6) is -1.82. The summed E-state index contributed by atoms with van der Waals surface area (Å²) >= 11 is 0. The molecule has 1 N–H and O–H groups in total. The normalized spacial score (nSPS) is 10.8. The van der Waals surface area contributed by atoms with Gasteiger partial charge in [-0.2, -0.15) is 0 Å². The molecule has 2 aromatic carbocycles. The molecule has 2 rings (SSSR count). The van der Waals surface area contributed by atoms with E-state index in [1.165, 1.54) is 11.0 Å². The standard InChI is InChI=1S/C20H24F2N2O2/c1-14(2)26-13-17-7-5-4-6-16(17)11-23-20(25)24(3)12-15-8-9-18(21)19(22)10-15/h4-10,14H,11-13H2,1-3H3,(H,23,25). The zero-order valence-electron chi connectivity index (χ0n) is 15.3. The molecule has 0 aliphatic heterocycles. The van der Waals surface area contributed by atoms with Crippen LogP contribution in [-0.2, 0) is 24.4 Å². The van der Waals surface area contributed by atoms with E-state index in [9.17, 15) is 13.6 Å². The van der Waals surface area contributed by atoms with Gasteiger partial charge in [-0.3, -0.25) is 0 Å². The third kappa shape index (κ3) is 5.81. The molecule has 2 aromatic rings.